The number of aliphatic hydroxyl groups is 2. The minimum Gasteiger partial charge on any atom is -0.494 e. The van der Waals surface area contributed by atoms with Gasteiger partial charge in [-0.25, -0.2) is 0 Å². The Morgan fingerprint density at radius 3 is 2.05 bits per heavy atom. The van der Waals surface area contributed by atoms with Crippen LogP contribution in [0.25, 0.3) is 0 Å². The Morgan fingerprint density at radius 1 is 1.05 bits per heavy atom. The van der Waals surface area contributed by atoms with Crippen LogP contribution in [0, 0.1) is 12.3 Å². The molecule has 0 aliphatic carbocycles. The number of terminal acetylenes is 1. The minimum atomic E-state index is -1.50. The van der Waals surface area contributed by atoms with E-state index >= 15 is 0 Å². The van der Waals surface area contributed by atoms with E-state index in [2.05, 4.69) is 5.92 Å². The number of rotatable bonds is 6. The molecule has 1 atom stereocenters. The van der Waals surface area contributed by atoms with Gasteiger partial charge in [0.15, 0.2) is 5.60 Å². The second-order valence-electron chi connectivity index (χ2n) is 5.08. The highest BCUT2D eigenvalue weighted by atomic mass is 16.5. The Bertz CT molecular complexity index is 638. The van der Waals surface area contributed by atoms with Crippen molar-refractivity contribution in [3.05, 3.63) is 65.2 Å². The smallest absolute Gasteiger partial charge is 0.176 e. The molecule has 1 unspecified atom stereocenters. The van der Waals surface area contributed by atoms with Crippen LogP contribution in [-0.4, -0.2) is 16.8 Å². The molecule has 114 valence electrons. The highest BCUT2D eigenvalue weighted by Gasteiger charge is 2.29. The Labute approximate surface area is 131 Å². The number of hydrogen-bond acceptors (Lipinski definition) is 3. The molecule has 0 spiro atoms. The first kappa shape index (κ1) is 16.1. The summed E-state index contributed by atoms with van der Waals surface area (Å²) in [4.78, 5) is 0. The quantitative estimate of drug-likeness (QED) is 0.806. The molecule has 3 heteroatoms. The molecule has 0 saturated carbocycles. The summed E-state index contributed by atoms with van der Waals surface area (Å²) in [5, 5.41) is 19.9. The molecule has 2 aromatic carbocycles. The molecular weight excluding hydrogens is 276 g/mol. The Balaban J connectivity index is 2.30. The molecule has 2 rings (SSSR count). The molecule has 0 bridgehead atoms. The van der Waals surface area contributed by atoms with Crippen molar-refractivity contribution >= 4 is 0 Å². The van der Waals surface area contributed by atoms with Gasteiger partial charge in [0.25, 0.3) is 0 Å². The van der Waals surface area contributed by atoms with Gasteiger partial charge < -0.3 is 14.9 Å². The molecule has 0 heterocycles. The van der Waals surface area contributed by atoms with E-state index in [9.17, 15) is 5.11 Å². The molecule has 0 aliphatic heterocycles. The molecule has 0 saturated heterocycles. The predicted molar refractivity (Wildman–Crippen MR) is 86.4 cm³/mol. The van der Waals surface area contributed by atoms with Crippen LogP contribution in [-0.2, 0) is 12.2 Å². The van der Waals surface area contributed by atoms with Gasteiger partial charge in [-0.2, -0.15) is 0 Å². The van der Waals surface area contributed by atoms with Crippen molar-refractivity contribution in [1.29, 1.82) is 0 Å². The van der Waals surface area contributed by atoms with Crippen molar-refractivity contribution in [3.63, 3.8) is 0 Å². The van der Waals surface area contributed by atoms with E-state index in [1.54, 1.807) is 48.5 Å². The van der Waals surface area contributed by atoms with Gasteiger partial charge in [0.1, 0.15) is 5.75 Å². The highest BCUT2D eigenvalue weighted by molar-refractivity contribution is 5.45. The second-order valence-corrected chi connectivity index (χ2v) is 5.08. The number of hydrogen-bond donors (Lipinski definition) is 2. The van der Waals surface area contributed by atoms with Gasteiger partial charge >= 0.3 is 0 Å². The van der Waals surface area contributed by atoms with Crippen molar-refractivity contribution in [2.24, 2.45) is 0 Å². The molecular formula is C19H20O3. The molecule has 2 aromatic rings. The molecule has 0 amide bonds. The number of ether oxygens (including phenoxy) is 1. The van der Waals surface area contributed by atoms with Crippen LogP contribution in [0.1, 0.15) is 30.0 Å². The maximum Gasteiger partial charge on any atom is 0.176 e. The van der Waals surface area contributed by atoms with E-state index < -0.39 is 5.60 Å². The SMILES string of the molecule is C#CC(O)(c1ccc(CO)cc1)c1ccc(OCCC)cc1. The number of aliphatic hydroxyl groups excluding tert-OH is 1. The normalized spacial score (nSPS) is 13.2. The zero-order valence-electron chi connectivity index (χ0n) is 12.6. The van der Waals surface area contributed by atoms with Gasteiger partial charge in [-0.1, -0.05) is 49.2 Å². The second kappa shape index (κ2) is 7.13. The van der Waals surface area contributed by atoms with Gasteiger partial charge in [0, 0.05) is 11.1 Å². The third kappa shape index (κ3) is 3.30. The third-order valence-electron chi connectivity index (χ3n) is 3.51. The first-order valence-electron chi connectivity index (χ1n) is 7.27. The summed E-state index contributed by atoms with van der Waals surface area (Å²) in [6.45, 7) is 2.65. The predicted octanol–water partition coefficient (Wildman–Crippen LogP) is 2.84. The molecule has 0 fully saturated rings. The van der Waals surface area contributed by atoms with Crippen molar-refractivity contribution in [2.75, 3.05) is 6.61 Å². The van der Waals surface area contributed by atoms with Crippen LogP contribution in [0.2, 0.25) is 0 Å². The summed E-state index contributed by atoms with van der Waals surface area (Å²) in [6, 6.07) is 14.1. The van der Waals surface area contributed by atoms with E-state index in [1.165, 1.54) is 0 Å². The van der Waals surface area contributed by atoms with Crippen LogP contribution in [0.4, 0.5) is 0 Å². The van der Waals surface area contributed by atoms with Crippen molar-refractivity contribution < 1.29 is 14.9 Å². The Kier molecular flexibility index (Phi) is 5.21. The number of benzene rings is 2. The van der Waals surface area contributed by atoms with Gasteiger partial charge in [0.2, 0.25) is 0 Å². The summed E-state index contributed by atoms with van der Waals surface area (Å²) in [7, 11) is 0. The van der Waals surface area contributed by atoms with E-state index in [0.717, 1.165) is 17.7 Å². The maximum atomic E-state index is 10.9. The fourth-order valence-electron chi connectivity index (χ4n) is 2.20. The van der Waals surface area contributed by atoms with Gasteiger partial charge in [-0.3, -0.25) is 0 Å². The van der Waals surface area contributed by atoms with E-state index in [-0.39, 0.29) is 6.61 Å². The van der Waals surface area contributed by atoms with Crippen LogP contribution >= 0.6 is 0 Å². The zero-order valence-corrected chi connectivity index (χ0v) is 12.6. The first-order valence-corrected chi connectivity index (χ1v) is 7.27. The summed E-state index contributed by atoms with van der Waals surface area (Å²) < 4.78 is 5.53. The lowest BCUT2D eigenvalue weighted by Gasteiger charge is -2.23. The topological polar surface area (TPSA) is 49.7 Å². The monoisotopic (exact) mass is 296 g/mol. The lowest BCUT2D eigenvalue weighted by molar-refractivity contribution is 0.145. The fourth-order valence-corrected chi connectivity index (χ4v) is 2.20. The highest BCUT2D eigenvalue weighted by Crippen LogP contribution is 2.30. The third-order valence-corrected chi connectivity index (χ3v) is 3.51. The largest absolute Gasteiger partial charge is 0.494 e. The lowest BCUT2D eigenvalue weighted by Crippen LogP contribution is -2.25. The molecule has 0 aromatic heterocycles. The Morgan fingerprint density at radius 2 is 1.59 bits per heavy atom. The van der Waals surface area contributed by atoms with Crippen molar-refractivity contribution in [3.8, 4) is 18.1 Å². The molecule has 3 nitrogen and oxygen atoms in total. The van der Waals surface area contributed by atoms with Gasteiger partial charge in [-0.05, 0) is 24.1 Å². The minimum absolute atomic E-state index is 0.0434. The summed E-state index contributed by atoms with van der Waals surface area (Å²) in [6.07, 6.45) is 6.52. The molecule has 0 aliphatic rings. The average Bonchev–Trinajstić information content (AvgIpc) is 2.59. The van der Waals surface area contributed by atoms with E-state index in [4.69, 9.17) is 16.3 Å². The van der Waals surface area contributed by atoms with Crippen molar-refractivity contribution in [2.45, 2.75) is 25.6 Å². The standard InChI is InChI=1S/C19H20O3/c1-3-13-22-18-11-9-17(10-12-18)19(21,4-2)16-7-5-15(14-20)6-8-16/h2,5-12,20-21H,3,13-14H2,1H3. The summed E-state index contributed by atoms with van der Waals surface area (Å²) >= 11 is 0. The van der Waals surface area contributed by atoms with Gasteiger partial charge in [-0.15, -0.1) is 6.42 Å². The molecule has 0 radical (unpaired) electrons. The van der Waals surface area contributed by atoms with Crippen LogP contribution in [0.5, 0.6) is 5.75 Å². The van der Waals surface area contributed by atoms with Crippen LogP contribution in [0.3, 0.4) is 0 Å². The Hall–Kier alpha value is -2.28. The summed E-state index contributed by atoms with van der Waals surface area (Å²) in [5.74, 6) is 3.21. The maximum absolute atomic E-state index is 10.9. The lowest BCUT2D eigenvalue weighted by atomic mass is 9.87. The van der Waals surface area contributed by atoms with Gasteiger partial charge in [0.05, 0.1) is 13.2 Å². The molecule has 22 heavy (non-hydrogen) atoms. The molecule has 2 N–H and O–H groups in total. The van der Waals surface area contributed by atoms with Crippen molar-refractivity contribution in [1.82, 2.24) is 0 Å². The van der Waals surface area contributed by atoms with Crippen LogP contribution < -0.4 is 4.74 Å². The first-order chi connectivity index (χ1) is 10.6. The van der Waals surface area contributed by atoms with E-state index in [1.807, 2.05) is 6.92 Å². The average molecular weight is 296 g/mol. The fraction of sp³-hybridized carbons (Fsp3) is 0.263. The zero-order chi connectivity index (χ0) is 16.0. The van der Waals surface area contributed by atoms with E-state index in [0.29, 0.717) is 17.7 Å². The summed E-state index contributed by atoms with van der Waals surface area (Å²) in [5.41, 5.74) is 0.466. The van der Waals surface area contributed by atoms with Crippen LogP contribution in [0.15, 0.2) is 48.5 Å².